The van der Waals surface area contributed by atoms with Crippen LogP contribution in [0, 0.1) is 5.92 Å². The Kier molecular flexibility index (Phi) is 4.62. The van der Waals surface area contributed by atoms with Crippen LogP contribution in [-0.4, -0.2) is 19.0 Å². The Morgan fingerprint density at radius 1 is 1.32 bits per heavy atom. The van der Waals surface area contributed by atoms with Gasteiger partial charge in [0.1, 0.15) is 5.75 Å². The minimum absolute atomic E-state index is 0.285. The van der Waals surface area contributed by atoms with Crippen molar-refractivity contribution in [2.75, 3.05) is 7.11 Å². The summed E-state index contributed by atoms with van der Waals surface area (Å²) in [7, 11) is 1.61. The topological polar surface area (TPSA) is 47.9 Å². The predicted molar refractivity (Wildman–Crippen MR) is 88.8 cm³/mol. The van der Waals surface area contributed by atoms with Gasteiger partial charge in [-0.05, 0) is 37.1 Å². The van der Waals surface area contributed by atoms with Gasteiger partial charge in [0.2, 0.25) is 5.90 Å². The van der Waals surface area contributed by atoms with Crippen molar-refractivity contribution in [3.05, 3.63) is 33.9 Å². The fourth-order valence-corrected chi connectivity index (χ4v) is 3.29. The van der Waals surface area contributed by atoms with Crippen LogP contribution in [0.5, 0.6) is 5.75 Å². The number of nitrogens with zero attached hydrogens (tertiary/aromatic N) is 1. The number of ether oxygens (including phenoxy) is 2. The van der Waals surface area contributed by atoms with Gasteiger partial charge in [0, 0.05) is 16.0 Å². The van der Waals surface area contributed by atoms with Crippen molar-refractivity contribution >= 4 is 33.9 Å². The third kappa shape index (κ3) is 3.24. The van der Waals surface area contributed by atoms with Crippen molar-refractivity contribution in [1.82, 2.24) is 0 Å². The van der Waals surface area contributed by atoms with Crippen molar-refractivity contribution in [3.8, 4) is 5.75 Å². The highest BCUT2D eigenvalue weighted by atomic mass is 79.9. The van der Waals surface area contributed by atoms with Crippen LogP contribution >= 0.6 is 15.9 Å². The lowest BCUT2D eigenvalue weighted by Crippen LogP contribution is -2.19. The van der Waals surface area contributed by atoms with Gasteiger partial charge in [0.15, 0.2) is 5.70 Å². The standard InChI is InChI=1S/C17H18BrNO3/c1-21-15-8-7-13(18)9-12(15)10-14-17(20)22-16(19-14)11-5-3-2-4-6-11/h7-11H,2-6H2,1H3/b14-10+. The molecule has 22 heavy (non-hydrogen) atoms. The van der Waals surface area contributed by atoms with Crippen LogP contribution < -0.4 is 4.74 Å². The summed E-state index contributed by atoms with van der Waals surface area (Å²) >= 11 is 3.43. The zero-order valence-electron chi connectivity index (χ0n) is 12.5. The number of hydrogen-bond acceptors (Lipinski definition) is 4. The minimum atomic E-state index is -0.373. The largest absolute Gasteiger partial charge is 0.496 e. The molecule has 0 aromatic heterocycles. The van der Waals surface area contributed by atoms with Gasteiger partial charge in [-0.15, -0.1) is 0 Å². The molecular weight excluding hydrogens is 346 g/mol. The molecule has 0 atom stereocenters. The van der Waals surface area contributed by atoms with Crippen LogP contribution in [0.15, 0.2) is 33.4 Å². The van der Waals surface area contributed by atoms with Crippen LogP contribution in [0.2, 0.25) is 0 Å². The summed E-state index contributed by atoms with van der Waals surface area (Å²) in [6, 6.07) is 5.64. The van der Waals surface area contributed by atoms with Gasteiger partial charge in [0.25, 0.3) is 0 Å². The molecule has 5 heteroatoms. The second-order valence-corrected chi connectivity index (χ2v) is 6.51. The molecule has 0 N–H and O–H groups in total. The van der Waals surface area contributed by atoms with E-state index in [1.54, 1.807) is 13.2 Å². The maximum absolute atomic E-state index is 12.1. The van der Waals surface area contributed by atoms with E-state index in [0.29, 0.717) is 17.3 Å². The SMILES string of the molecule is COc1ccc(Br)cc1/C=C1/N=C(C2CCCCC2)OC1=O. The number of carbonyl (C=O) groups is 1. The Morgan fingerprint density at radius 2 is 2.09 bits per heavy atom. The Hall–Kier alpha value is -1.62. The molecule has 0 spiro atoms. The summed E-state index contributed by atoms with van der Waals surface area (Å²) in [6.45, 7) is 0. The lowest BCUT2D eigenvalue weighted by Gasteiger charge is -2.19. The van der Waals surface area contributed by atoms with E-state index in [-0.39, 0.29) is 11.9 Å². The molecule has 0 bridgehead atoms. The molecule has 0 amide bonds. The van der Waals surface area contributed by atoms with Crippen LogP contribution in [-0.2, 0) is 9.53 Å². The van der Waals surface area contributed by atoms with E-state index in [4.69, 9.17) is 9.47 Å². The third-order valence-electron chi connectivity index (χ3n) is 4.08. The van der Waals surface area contributed by atoms with Crippen LogP contribution in [0.1, 0.15) is 37.7 Å². The monoisotopic (exact) mass is 363 g/mol. The summed E-state index contributed by atoms with van der Waals surface area (Å²) in [5.41, 5.74) is 1.15. The molecule has 1 saturated carbocycles. The Labute approximate surface area is 138 Å². The Balaban J connectivity index is 1.89. The molecule has 0 unspecified atom stereocenters. The fraction of sp³-hybridized carbons (Fsp3) is 0.412. The van der Waals surface area contributed by atoms with Gasteiger partial charge >= 0.3 is 5.97 Å². The number of carbonyl (C=O) groups excluding carboxylic acids is 1. The van der Waals surface area contributed by atoms with Gasteiger partial charge in [-0.3, -0.25) is 0 Å². The molecule has 1 aromatic rings. The molecule has 1 aliphatic carbocycles. The number of benzene rings is 1. The van der Waals surface area contributed by atoms with Crippen molar-refractivity contribution in [2.24, 2.45) is 10.9 Å². The maximum atomic E-state index is 12.1. The van der Waals surface area contributed by atoms with Gasteiger partial charge in [-0.2, -0.15) is 0 Å². The number of rotatable bonds is 3. The normalized spacial score (nSPS) is 20.9. The first kappa shape index (κ1) is 15.3. The van der Waals surface area contributed by atoms with E-state index in [1.165, 1.54) is 19.3 Å². The molecule has 116 valence electrons. The number of halogens is 1. The third-order valence-corrected chi connectivity index (χ3v) is 4.57. The highest BCUT2D eigenvalue weighted by molar-refractivity contribution is 9.10. The van der Waals surface area contributed by atoms with Gasteiger partial charge < -0.3 is 9.47 Å². The summed E-state index contributed by atoms with van der Waals surface area (Å²) in [4.78, 5) is 16.5. The van der Waals surface area contributed by atoms with Crippen LogP contribution in [0.3, 0.4) is 0 Å². The first-order valence-corrected chi connectivity index (χ1v) is 8.32. The van der Waals surface area contributed by atoms with E-state index in [9.17, 15) is 4.79 Å². The zero-order chi connectivity index (χ0) is 15.5. The lowest BCUT2D eigenvalue weighted by molar-refractivity contribution is -0.130. The number of esters is 1. The Morgan fingerprint density at radius 3 is 2.82 bits per heavy atom. The fourth-order valence-electron chi connectivity index (χ4n) is 2.92. The predicted octanol–water partition coefficient (Wildman–Crippen LogP) is 4.33. The van der Waals surface area contributed by atoms with Crippen LogP contribution in [0.4, 0.5) is 0 Å². The summed E-state index contributed by atoms with van der Waals surface area (Å²) in [5.74, 6) is 1.20. The Bertz CT molecular complexity index is 645. The number of cyclic esters (lactones) is 1. The number of hydrogen-bond donors (Lipinski definition) is 0. The molecular formula is C17H18BrNO3. The van der Waals surface area contributed by atoms with Crippen molar-refractivity contribution in [3.63, 3.8) is 0 Å². The lowest BCUT2D eigenvalue weighted by atomic mass is 9.89. The summed E-state index contributed by atoms with van der Waals surface area (Å²) in [6.07, 6.45) is 7.45. The molecule has 0 saturated heterocycles. The van der Waals surface area contributed by atoms with E-state index < -0.39 is 0 Å². The molecule has 3 rings (SSSR count). The van der Waals surface area contributed by atoms with Crippen LogP contribution in [0.25, 0.3) is 6.08 Å². The highest BCUT2D eigenvalue weighted by Gasteiger charge is 2.30. The van der Waals surface area contributed by atoms with Gasteiger partial charge in [0.05, 0.1) is 7.11 Å². The second-order valence-electron chi connectivity index (χ2n) is 5.59. The minimum Gasteiger partial charge on any atom is -0.496 e. The van der Waals surface area contributed by atoms with Crippen molar-refractivity contribution < 1.29 is 14.3 Å². The van der Waals surface area contributed by atoms with Gasteiger partial charge in [-0.25, -0.2) is 9.79 Å². The summed E-state index contributed by atoms with van der Waals surface area (Å²) in [5, 5.41) is 0. The smallest absolute Gasteiger partial charge is 0.363 e. The first-order valence-electron chi connectivity index (χ1n) is 7.53. The van der Waals surface area contributed by atoms with Crippen molar-refractivity contribution in [2.45, 2.75) is 32.1 Å². The molecule has 1 fully saturated rings. The first-order chi connectivity index (χ1) is 10.7. The average Bonchev–Trinajstić information content (AvgIpc) is 2.90. The average molecular weight is 364 g/mol. The van der Waals surface area contributed by atoms with Crippen molar-refractivity contribution in [1.29, 1.82) is 0 Å². The zero-order valence-corrected chi connectivity index (χ0v) is 14.1. The maximum Gasteiger partial charge on any atom is 0.363 e. The molecule has 1 aromatic carbocycles. The second kappa shape index (κ2) is 6.65. The van der Waals surface area contributed by atoms with E-state index in [1.807, 2.05) is 18.2 Å². The number of aliphatic imine (C=N–C) groups is 1. The molecule has 1 aliphatic heterocycles. The summed E-state index contributed by atoms with van der Waals surface area (Å²) < 4.78 is 11.6. The van der Waals surface area contributed by atoms with Gasteiger partial charge in [-0.1, -0.05) is 35.2 Å². The van der Waals surface area contributed by atoms with E-state index in [2.05, 4.69) is 20.9 Å². The van der Waals surface area contributed by atoms with E-state index in [0.717, 1.165) is 22.9 Å². The quantitative estimate of drug-likeness (QED) is 0.592. The van der Waals surface area contributed by atoms with E-state index >= 15 is 0 Å². The molecule has 1 heterocycles. The molecule has 4 nitrogen and oxygen atoms in total. The number of methoxy groups -OCH3 is 1. The molecule has 0 radical (unpaired) electrons. The highest BCUT2D eigenvalue weighted by Crippen LogP contribution is 2.31. The molecule has 2 aliphatic rings.